The van der Waals surface area contributed by atoms with Crippen LogP contribution in [0.15, 0.2) is 18.3 Å². The van der Waals surface area contributed by atoms with Crippen molar-refractivity contribution < 1.29 is 19.5 Å². The predicted octanol–water partition coefficient (Wildman–Crippen LogP) is 1.54. The van der Waals surface area contributed by atoms with E-state index in [1.54, 1.807) is 17.2 Å². The SMILES string of the molecule is CC(=O)c1ccc(N2CCC3(CC2)C(=O)N(CCO)C(=O)N3CC(C)C)nc1. The summed E-state index contributed by atoms with van der Waals surface area (Å²) >= 11 is 0. The van der Waals surface area contributed by atoms with Gasteiger partial charge in [0.25, 0.3) is 5.91 Å². The number of urea groups is 1. The molecule has 2 fully saturated rings. The van der Waals surface area contributed by atoms with Gasteiger partial charge < -0.3 is 14.9 Å². The Hall–Kier alpha value is -2.48. The van der Waals surface area contributed by atoms with E-state index in [9.17, 15) is 19.5 Å². The Morgan fingerprint density at radius 3 is 2.43 bits per heavy atom. The van der Waals surface area contributed by atoms with Gasteiger partial charge in [-0.05, 0) is 37.8 Å². The number of pyridine rings is 1. The average Bonchev–Trinajstić information content (AvgIpc) is 2.85. The van der Waals surface area contributed by atoms with Crippen LogP contribution in [0.2, 0.25) is 0 Å². The monoisotopic (exact) mass is 388 g/mol. The van der Waals surface area contributed by atoms with E-state index in [1.807, 2.05) is 19.9 Å². The highest BCUT2D eigenvalue weighted by atomic mass is 16.3. The summed E-state index contributed by atoms with van der Waals surface area (Å²) in [7, 11) is 0. The molecule has 8 heteroatoms. The van der Waals surface area contributed by atoms with E-state index >= 15 is 0 Å². The molecule has 1 aromatic heterocycles. The number of aliphatic hydroxyl groups excluding tert-OH is 1. The lowest BCUT2D eigenvalue weighted by Crippen LogP contribution is -2.57. The Kier molecular flexibility index (Phi) is 5.69. The largest absolute Gasteiger partial charge is 0.395 e. The molecule has 2 aliphatic rings. The first-order valence-corrected chi connectivity index (χ1v) is 9.76. The molecule has 0 atom stereocenters. The Morgan fingerprint density at radius 2 is 1.93 bits per heavy atom. The van der Waals surface area contributed by atoms with Crippen molar-refractivity contribution in [3.05, 3.63) is 23.9 Å². The second kappa shape index (κ2) is 7.87. The zero-order valence-corrected chi connectivity index (χ0v) is 16.7. The van der Waals surface area contributed by atoms with Crippen molar-refractivity contribution >= 4 is 23.5 Å². The van der Waals surface area contributed by atoms with Gasteiger partial charge in [0.2, 0.25) is 0 Å². The van der Waals surface area contributed by atoms with Gasteiger partial charge in [-0.3, -0.25) is 14.5 Å². The molecule has 28 heavy (non-hydrogen) atoms. The van der Waals surface area contributed by atoms with Crippen LogP contribution in [0.3, 0.4) is 0 Å². The number of carbonyl (C=O) groups excluding carboxylic acids is 3. The van der Waals surface area contributed by atoms with Crippen molar-refractivity contribution in [1.29, 1.82) is 0 Å². The van der Waals surface area contributed by atoms with E-state index in [1.165, 1.54) is 11.8 Å². The van der Waals surface area contributed by atoms with Gasteiger partial charge in [-0.1, -0.05) is 13.8 Å². The van der Waals surface area contributed by atoms with E-state index in [0.717, 1.165) is 5.82 Å². The number of anilines is 1. The van der Waals surface area contributed by atoms with Crippen LogP contribution in [0.1, 0.15) is 44.0 Å². The topological polar surface area (TPSA) is 94.1 Å². The molecule has 2 aliphatic heterocycles. The average molecular weight is 388 g/mol. The lowest BCUT2D eigenvalue weighted by Gasteiger charge is -2.43. The Labute approximate surface area is 165 Å². The van der Waals surface area contributed by atoms with Gasteiger partial charge in [0.1, 0.15) is 11.4 Å². The number of hydrogen-bond acceptors (Lipinski definition) is 6. The lowest BCUT2D eigenvalue weighted by atomic mass is 9.85. The summed E-state index contributed by atoms with van der Waals surface area (Å²) < 4.78 is 0. The Morgan fingerprint density at radius 1 is 1.25 bits per heavy atom. The number of aromatic nitrogens is 1. The normalized spacial score (nSPS) is 19.2. The molecule has 0 aliphatic carbocycles. The van der Waals surface area contributed by atoms with Gasteiger partial charge in [-0.15, -0.1) is 0 Å². The fourth-order valence-corrected chi connectivity index (χ4v) is 4.07. The molecule has 3 heterocycles. The summed E-state index contributed by atoms with van der Waals surface area (Å²) in [6, 6.07) is 3.28. The van der Waals surface area contributed by atoms with Crippen LogP contribution in [0.4, 0.5) is 10.6 Å². The van der Waals surface area contributed by atoms with Gasteiger partial charge in [0.05, 0.1) is 13.2 Å². The molecule has 1 spiro atoms. The van der Waals surface area contributed by atoms with Crippen LogP contribution in [-0.4, -0.2) is 75.9 Å². The van der Waals surface area contributed by atoms with Crippen molar-refractivity contribution in [1.82, 2.24) is 14.8 Å². The van der Waals surface area contributed by atoms with Crippen molar-refractivity contribution in [2.45, 2.75) is 39.2 Å². The highest BCUT2D eigenvalue weighted by molar-refractivity contribution is 6.07. The molecule has 1 aromatic rings. The Balaban J connectivity index is 1.79. The first-order chi connectivity index (χ1) is 13.3. The van der Waals surface area contributed by atoms with Gasteiger partial charge in [-0.2, -0.15) is 0 Å². The van der Waals surface area contributed by atoms with Crippen LogP contribution < -0.4 is 4.90 Å². The lowest BCUT2D eigenvalue weighted by molar-refractivity contribution is -0.134. The van der Waals surface area contributed by atoms with Crippen LogP contribution >= 0.6 is 0 Å². The number of Topliss-reactive ketones (excluding diaryl/α,β-unsaturated/α-hetero) is 1. The molecule has 0 aromatic carbocycles. The van der Waals surface area contributed by atoms with Crippen LogP contribution in [0.5, 0.6) is 0 Å². The fourth-order valence-electron chi connectivity index (χ4n) is 4.07. The van der Waals surface area contributed by atoms with E-state index in [4.69, 9.17) is 0 Å². The maximum absolute atomic E-state index is 13.1. The van der Waals surface area contributed by atoms with Gasteiger partial charge in [0.15, 0.2) is 5.78 Å². The van der Waals surface area contributed by atoms with Crippen molar-refractivity contribution in [2.75, 3.05) is 37.7 Å². The standard InChI is InChI=1S/C20H28N4O4/c1-14(2)13-24-19(28)23(10-11-25)18(27)20(24)6-8-22(9-7-20)17-5-4-16(12-21-17)15(3)26/h4-5,12,14,25H,6-11,13H2,1-3H3. The molecule has 2 saturated heterocycles. The number of aliphatic hydroxyl groups is 1. The molecular formula is C20H28N4O4. The summed E-state index contributed by atoms with van der Waals surface area (Å²) in [5.41, 5.74) is -0.275. The molecule has 0 radical (unpaired) electrons. The first kappa shape index (κ1) is 20.3. The highest BCUT2D eigenvalue weighted by Gasteiger charge is 2.57. The van der Waals surface area contributed by atoms with E-state index in [-0.39, 0.29) is 36.8 Å². The quantitative estimate of drug-likeness (QED) is 0.587. The summed E-state index contributed by atoms with van der Waals surface area (Å²) in [5, 5.41) is 9.26. The summed E-state index contributed by atoms with van der Waals surface area (Å²) in [6.45, 7) is 7.04. The minimum absolute atomic E-state index is 0.0278. The zero-order chi connectivity index (χ0) is 20.5. The molecule has 0 unspecified atom stereocenters. The second-order valence-electron chi connectivity index (χ2n) is 7.95. The molecule has 0 saturated carbocycles. The number of imide groups is 1. The Bertz CT molecular complexity index is 754. The highest BCUT2D eigenvalue weighted by Crippen LogP contribution is 2.38. The summed E-state index contributed by atoms with van der Waals surface area (Å²) in [4.78, 5) is 46.7. The van der Waals surface area contributed by atoms with Crippen LogP contribution in [0.25, 0.3) is 0 Å². The van der Waals surface area contributed by atoms with Gasteiger partial charge in [0, 0.05) is 31.4 Å². The molecule has 3 amide bonds. The van der Waals surface area contributed by atoms with Crippen molar-refractivity contribution in [3.8, 4) is 0 Å². The molecular weight excluding hydrogens is 360 g/mol. The number of hydrogen-bond donors (Lipinski definition) is 1. The van der Waals surface area contributed by atoms with Gasteiger partial charge in [-0.25, -0.2) is 9.78 Å². The van der Waals surface area contributed by atoms with E-state index in [0.29, 0.717) is 38.0 Å². The van der Waals surface area contributed by atoms with Crippen molar-refractivity contribution in [3.63, 3.8) is 0 Å². The molecule has 152 valence electrons. The minimum atomic E-state index is -0.841. The number of amides is 3. The number of carbonyl (C=O) groups is 3. The summed E-state index contributed by atoms with van der Waals surface area (Å²) in [5.74, 6) is 0.771. The summed E-state index contributed by atoms with van der Waals surface area (Å²) in [6.07, 6.45) is 2.60. The second-order valence-corrected chi connectivity index (χ2v) is 7.95. The van der Waals surface area contributed by atoms with Gasteiger partial charge >= 0.3 is 6.03 Å². The zero-order valence-electron chi connectivity index (χ0n) is 16.7. The minimum Gasteiger partial charge on any atom is -0.395 e. The maximum Gasteiger partial charge on any atom is 0.327 e. The number of rotatable bonds is 6. The maximum atomic E-state index is 13.1. The van der Waals surface area contributed by atoms with Crippen LogP contribution in [-0.2, 0) is 4.79 Å². The number of ketones is 1. The van der Waals surface area contributed by atoms with E-state index < -0.39 is 5.54 Å². The smallest absolute Gasteiger partial charge is 0.327 e. The third-order valence-corrected chi connectivity index (χ3v) is 5.56. The molecule has 3 rings (SSSR count). The number of β-amino-alcohol motifs (C(OH)–C–C–N with tert-alkyl or cyclic N) is 1. The predicted molar refractivity (Wildman–Crippen MR) is 104 cm³/mol. The number of nitrogens with zero attached hydrogens (tertiary/aromatic N) is 4. The first-order valence-electron chi connectivity index (χ1n) is 9.76. The molecule has 0 bridgehead atoms. The molecule has 8 nitrogen and oxygen atoms in total. The fraction of sp³-hybridized carbons (Fsp3) is 0.600. The third kappa shape index (κ3) is 3.48. The number of piperidine rings is 1. The molecule has 1 N–H and O–H groups in total. The van der Waals surface area contributed by atoms with E-state index in [2.05, 4.69) is 9.88 Å². The van der Waals surface area contributed by atoms with Crippen LogP contribution in [0, 0.1) is 5.92 Å². The third-order valence-electron chi connectivity index (χ3n) is 5.56. The van der Waals surface area contributed by atoms with Crippen molar-refractivity contribution in [2.24, 2.45) is 5.92 Å².